The normalized spacial score (nSPS) is 29.7. The predicted molar refractivity (Wildman–Crippen MR) is 126 cm³/mol. The van der Waals surface area contributed by atoms with Crippen molar-refractivity contribution >= 4 is 30.0 Å². The van der Waals surface area contributed by atoms with Gasteiger partial charge in [-0.15, -0.1) is 0 Å². The van der Waals surface area contributed by atoms with Crippen LogP contribution >= 0.6 is 0 Å². The van der Waals surface area contributed by atoms with Crippen molar-refractivity contribution in [2.24, 2.45) is 17.8 Å². The van der Waals surface area contributed by atoms with E-state index in [-0.39, 0.29) is 48.0 Å². The molecule has 0 aromatic rings. The average Bonchev–Trinajstić information content (AvgIpc) is 2.90. The zero-order valence-corrected chi connectivity index (χ0v) is 21.0. The van der Waals surface area contributed by atoms with Gasteiger partial charge in [-0.3, -0.25) is 14.4 Å². The summed E-state index contributed by atoms with van der Waals surface area (Å²) < 4.78 is 25.8. The number of carbonyl (C=O) groups is 5. The van der Waals surface area contributed by atoms with E-state index in [0.717, 1.165) is 6.08 Å². The van der Waals surface area contributed by atoms with Gasteiger partial charge in [0.15, 0.2) is 0 Å². The molecule has 0 aliphatic heterocycles. The fourth-order valence-electron chi connectivity index (χ4n) is 5.15. The van der Waals surface area contributed by atoms with Gasteiger partial charge in [-0.05, 0) is 77.0 Å². The Hall–Kier alpha value is -3.11. The van der Waals surface area contributed by atoms with Crippen LogP contribution in [-0.4, -0.2) is 60.2 Å². The van der Waals surface area contributed by atoms with Gasteiger partial charge in [0.25, 0.3) is 0 Å². The molecule has 0 bridgehead atoms. The van der Waals surface area contributed by atoms with Gasteiger partial charge < -0.3 is 28.8 Å². The second kappa shape index (κ2) is 14.0. The van der Waals surface area contributed by atoms with Crippen molar-refractivity contribution in [3.63, 3.8) is 0 Å². The molecule has 0 spiro atoms. The van der Waals surface area contributed by atoms with E-state index in [0.29, 0.717) is 77.0 Å². The molecule has 37 heavy (non-hydrogen) atoms. The third kappa shape index (κ3) is 9.05. The van der Waals surface area contributed by atoms with Crippen LogP contribution in [0, 0.1) is 17.8 Å². The number of rotatable bonds is 9. The molecule has 3 aliphatic carbocycles. The quantitative estimate of drug-likeness (QED) is 0.203. The lowest BCUT2D eigenvalue weighted by atomic mass is 9.82. The highest BCUT2D eigenvalue weighted by molar-refractivity contribution is 5.81. The Morgan fingerprint density at radius 2 is 1.03 bits per heavy atom. The minimum Gasteiger partial charge on any atom is -0.481 e. The van der Waals surface area contributed by atoms with Crippen molar-refractivity contribution in [1.29, 1.82) is 0 Å². The minimum atomic E-state index is -0.937. The molecule has 0 unspecified atom stereocenters. The number of carboxylic acid groups (broad SMARTS) is 1. The lowest BCUT2D eigenvalue weighted by Gasteiger charge is -2.32. The molecule has 0 heterocycles. The number of esters is 3. The summed E-state index contributed by atoms with van der Waals surface area (Å²) in [5.74, 6) is -2.88. The highest BCUT2D eigenvalue weighted by Crippen LogP contribution is 2.33. The van der Waals surface area contributed by atoms with Gasteiger partial charge in [0.05, 0.1) is 17.8 Å². The van der Waals surface area contributed by atoms with E-state index in [4.69, 9.17) is 19.3 Å². The summed E-state index contributed by atoms with van der Waals surface area (Å²) in [6, 6.07) is 0. The van der Waals surface area contributed by atoms with Gasteiger partial charge in [0, 0.05) is 6.08 Å². The van der Waals surface area contributed by atoms with Crippen molar-refractivity contribution in [3.05, 3.63) is 12.7 Å². The molecule has 3 fully saturated rings. The molecule has 1 N–H and O–H groups in total. The van der Waals surface area contributed by atoms with Gasteiger partial charge in [-0.2, -0.15) is 0 Å². The summed E-state index contributed by atoms with van der Waals surface area (Å²) in [4.78, 5) is 58.8. The number of aliphatic carboxylic acids is 1. The van der Waals surface area contributed by atoms with Crippen LogP contribution in [0.15, 0.2) is 12.7 Å². The number of ether oxygens (including phenoxy) is 5. The molecule has 3 rings (SSSR count). The standard InChI is InChI=1S/C26H36O11/c1-2-22(27)33-15-34-26(32)37-21-9-7-18(8-10-21)25(31)36-20-13-11-19(12-14-20)35-24(30)17-5-3-16(4-6-17)23(28)29/h2,16-21H,1,3-15H2,(H,28,29). The fourth-order valence-corrected chi connectivity index (χ4v) is 5.15. The topological polar surface area (TPSA) is 152 Å². The Morgan fingerprint density at radius 3 is 1.49 bits per heavy atom. The first-order chi connectivity index (χ1) is 17.7. The van der Waals surface area contributed by atoms with Crippen LogP contribution in [0.3, 0.4) is 0 Å². The van der Waals surface area contributed by atoms with Crippen LogP contribution in [0.2, 0.25) is 0 Å². The van der Waals surface area contributed by atoms with Crippen LogP contribution < -0.4 is 0 Å². The molecule has 0 aromatic carbocycles. The Morgan fingerprint density at radius 1 is 0.622 bits per heavy atom. The molecular formula is C26H36O11. The molecule has 0 atom stereocenters. The Labute approximate surface area is 215 Å². The van der Waals surface area contributed by atoms with Crippen LogP contribution in [0.25, 0.3) is 0 Å². The van der Waals surface area contributed by atoms with Crippen molar-refractivity contribution in [2.75, 3.05) is 6.79 Å². The molecule has 3 saturated carbocycles. The van der Waals surface area contributed by atoms with Gasteiger partial charge in [0.1, 0.15) is 18.3 Å². The van der Waals surface area contributed by atoms with Gasteiger partial charge in [0.2, 0.25) is 6.79 Å². The van der Waals surface area contributed by atoms with Crippen molar-refractivity contribution in [3.8, 4) is 0 Å². The van der Waals surface area contributed by atoms with Crippen molar-refractivity contribution in [1.82, 2.24) is 0 Å². The van der Waals surface area contributed by atoms with Crippen molar-refractivity contribution in [2.45, 2.75) is 95.4 Å². The molecule has 3 aliphatic rings. The second-order valence-electron chi connectivity index (χ2n) is 9.93. The van der Waals surface area contributed by atoms with Gasteiger partial charge >= 0.3 is 30.0 Å². The van der Waals surface area contributed by atoms with E-state index in [1.807, 2.05) is 0 Å². The number of hydrogen-bond donors (Lipinski definition) is 1. The molecule has 11 heteroatoms. The summed E-state index contributed by atoms with van der Waals surface area (Å²) >= 11 is 0. The zero-order valence-electron chi connectivity index (χ0n) is 21.0. The first kappa shape index (κ1) is 28.5. The Kier molecular flexibility index (Phi) is 10.8. The predicted octanol–water partition coefficient (Wildman–Crippen LogP) is 3.67. The van der Waals surface area contributed by atoms with E-state index in [1.165, 1.54) is 0 Å². The highest BCUT2D eigenvalue weighted by Gasteiger charge is 2.35. The smallest absolute Gasteiger partial charge is 0.481 e. The number of carboxylic acids is 1. The molecule has 0 radical (unpaired) electrons. The zero-order chi connectivity index (χ0) is 26.8. The molecule has 0 aromatic heterocycles. The maximum Gasteiger partial charge on any atom is 0.511 e. The maximum atomic E-state index is 12.6. The summed E-state index contributed by atoms with van der Waals surface area (Å²) in [6.07, 6.45) is 5.86. The Balaban J connectivity index is 1.28. The fraction of sp³-hybridized carbons (Fsp3) is 0.731. The lowest BCUT2D eigenvalue weighted by molar-refractivity contribution is -0.165. The van der Waals surface area contributed by atoms with Crippen LogP contribution in [0.4, 0.5) is 4.79 Å². The second-order valence-corrected chi connectivity index (χ2v) is 9.93. The number of carbonyl (C=O) groups excluding carboxylic acids is 4. The lowest BCUT2D eigenvalue weighted by Crippen LogP contribution is -2.35. The molecule has 11 nitrogen and oxygen atoms in total. The Bertz CT molecular complexity index is 829. The van der Waals surface area contributed by atoms with E-state index in [1.54, 1.807) is 0 Å². The minimum absolute atomic E-state index is 0.202. The van der Waals surface area contributed by atoms with Crippen molar-refractivity contribution < 1.29 is 52.8 Å². The maximum absolute atomic E-state index is 12.6. The monoisotopic (exact) mass is 524 g/mol. The van der Waals surface area contributed by atoms with Crippen LogP contribution in [0.1, 0.15) is 77.0 Å². The summed E-state index contributed by atoms with van der Waals surface area (Å²) in [7, 11) is 0. The van der Waals surface area contributed by atoms with Crippen LogP contribution in [0.5, 0.6) is 0 Å². The molecule has 0 saturated heterocycles. The van der Waals surface area contributed by atoms with Gasteiger partial charge in [-0.1, -0.05) is 6.58 Å². The van der Waals surface area contributed by atoms with E-state index in [2.05, 4.69) is 16.1 Å². The third-order valence-electron chi connectivity index (χ3n) is 7.41. The summed E-state index contributed by atoms with van der Waals surface area (Å²) in [5, 5.41) is 9.09. The van der Waals surface area contributed by atoms with E-state index in [9.17, 15) is 24.0 Å². The van der Waals surface area contributed by atoms with E-state index >= 15 is 0 Å². The summed E-state index contributed by atoms with van der Waals surface area (Å²) in [5.41, 5.74) is 0. The third-order valence-corrected chi connectivity index (χ3v) is 7.41. The molecular weight excluding hydrogens is 488 g/mol. The first-order valence-corrected chi connectivity index (χ1v) is 13.0. The molecule has 0 amide bonds. The average molecular weight is 525 g/mol. The van der Waals surface area contributed by atoms with E-state index < -0.39 is 24.9 Å². The highest BCUT2D eigenvalue weighted by atomic mass is 16.8. The first-order valence-electron chi connectivity index (χ1n) is 13.0. The van der Waals surface area contributed by atoms with Gasteiger partial charge in [-0.25, -0.2) is 9.59 Å². The summed E-state index contributed by atoms with van der Waals surface area (Å²) in [6.45, 7) is 2.67. The van der Waals surface area contributed by atoms with Crippen LogP contribution in [-0.2, 0) is 42.9 Å². The largest absolute Gasteiger partial charge is 0.511 e. The number of hydrogen-bond acceptors (Lipinski definition) is 10. The molecule has 206 valence electrons. The SMILES string of the molecule is C=CC(=O)OCOC(=O)OC1CCC(C(=O)OC2CCC(OC(=O)C3CCC(C(=O)O)CC3)CC2)CC1.